The van der Waals surface area contributed by atoms with Gasteiger partial charge >= 0.3 is 0 Å². The molecule has 0 aromatic heterocycles. The van der Waals surface area contributed by atoms with Gasteiger partial charge in [0.2, 0.25) is 0 Å². The first-order valence-electron chi connectivity index (χ1n) is 8.46. The van der Waals surface area contributed by atoms with Crippen molar-refractivity contribution >= 4 is 5.91 Å². The zero-order valence-corrected chi connectivity index (χ0v) is 15.2. The predicted molar refractivity (Wildman–Crippen MR) is 98.5 cm³/mol. The summed E-state index contributed by atoms with van der Waals surface area (Å²) in [7, 11) is 0. The van der Waals surface area contributed by atoms with Crippen LogP contribution in [0.1, 0.15) is 55.0 Å². The second-order valence-corrected chi connectivity index (χ2v) is 6.65. The van der Waals surface area contributed by atoms with Gasteiger partial charge in [0.15, 0.2) is 6.61 Å². The van der Waals surface area contributed by atoms with E-state index in [1.807, 2.05) is 31.2 Å². The van der Waals surface area contributed by atoms with E-state index >= 15 is 0 Å². The first kappa shape index (κ1) is 18.1. The molecule has 1 atom stereocenters. The third-order valence-electron chi connectivity index (χ3n) is 4.33. The zero-order valence-electron chi connectivity index (χ0n) is 15.2. The van der Waals surface area contributed by atoms with Gasteiger partial charge in [0.05, 0.1) is 6.04 Å². The summed E-state index contributed by atoms with van der Waals surface area (Å²) in [6.45, 7) is 10.5. The fraction of sp³-hybridized carbons (Fsp3) is 0.381. The number of aryl methyl sites for hydroxylation is 2. The van der Waals surface area contributed by atoms with Crippen molar-refractivity contribution in [2.24, 2.45) is 0 Å². The van der Waals surface area contributed by atoms with Gasteiger partial charge in [0.1, 0.15) is 5.75 Å². The third-order valence-corrected chi connectivity index (χ3v) is 4.33. The lowest BCUT2D eigenvalue weighted by Gasteiger charge is -2.16. The van der Waals surface area contributed by atoms with Crippen molar-refractivity contribution in [2.75, 3.05) is 6.61 Å². The van der Waals surface area contributed by atoms with Gasteiger partial charge in [0.25, 0.3) is 5.91 Å². The summed E-state index contributed by atoms with van der Waals surface area (Å²) in [4.78, 5) is 12.1. The molecule has 0 spiro atoms. The SMILES string of the molecule is Cc1ccc([C@@H](C)NC(=O)COc2ccc(C(C)C)cc2)cc1C. The van der Waals surface area contributed by atoms with Crippen LogP contribution in [0.4, 0.5) is 0 Å². The average molecular weight is 325 g/mol. The maximum Gasteiger partial charge on any atom is 0.258 e. The molecule has 2 rings (SSSR count). The molecule has 0 radical (unpaired) electrons. The quantitative estimate of drug-likeness (QED) is 0.837. The highest BCUT2D eigenvalue weighted by molar-refractivity contribution is 5.78. The van der Waals surface area contributed by atoms with Crippen molar-refractivity contribution < 1.29 is 9.53 Å². The Morgan fingerprint density at radius 2 is 1.58 bits per heavy atom. The molecule has 1 amide bonds. The Kier molecular flexibility index (Phi) is 6.02. The second kappa shape index (κ2) is 8.00. The highest BCUT2D eigenvalue weighted by atomic mass is 16.5. The minimum Gasteiger partial charge on any atom is -0.484 e. The van der Waals surface area contributed by atoms with Crippen molar-refractivity contribution in [2.45, 2.75) is 46.6 Å². The molecule has 0 aliphatic rings. The summed E-state index contributed by atoms with van der Waals surface area (Å²) in [5.74, 6) is 1.09. The van der Waals surface area contributed by atoms with Gasteiger partial charge in [-0.15, -0.1) is 0 Å². The van der Waals surface area contributed by atoms with Crippen LogP contribution in [0.25, 0.3) is 0 Å². The van der Waals surface area contributed by atoms with E-state index in [2.05, 4.69) is 51.2 Å². The summed E-state index contributed by atoms with van der Waals surface area (Å²) in [6.07, 6.45) is 0. The van der Waals surface area contributed by atoms with Crippen LogP contribution in [0.2, 0.25) is 0 Å². The van der Waals surface area contributed by atoms with Crippen LogP contribution in [0, 0.1) is 13.8 Å². The van der Waals surface area contributed by atoms with E-state index in [-0.39, 0.29) is 18.6 Å². The molecule has 1 N–H and O–H groups in total. The number of nitrogens with one attached hydrogen (secondary N) is 1. The van der Waals surface area contributed by atoms with Crippen LogP contribution in [0.3, 0.4) is 0 Å². The van der Waals surface area contributed by atoms with E-state index in [0.717, 1.165) is 5.56 Å². The fourth-order valence-corrected chi connectivity index (χ4v) is 2.50. The van der Waals surface area contributed by atoms with E-state index in [4.69, 9.17) is 4.74 Å². The van der Waals surface area contributed by atoms with E-state index < -0.39 is 0 Å². The van der Waals surface area contributed by atoms with Crippen LogP contribution >= 0.6 is 0 Å². The van der Waals surface area contributed by atoms with Crippen LogP contribution in [-0.4, -0.2) is 12.5 Å². The van der Waals surface area contributed by atoms with Crippen molar-refractivity contribution in [1.82, 2.24) is 5.32 Å². The van der Waals surface area contributed by atoms with E-state index in [9.17, 15) is 4.79 Å². The highest BCUT2D eigenvalue weighted by Gasteiger charge is 2.11. The van der Waals surface area contributed by atoms with Gasteiger partial charge in [-0.2, -0.15) is 0 Å². The second-order valence-electron chi connectivity index (χ2n) is 6.65. The van der Waals surface area contributed by atoms with E-state index in [1.54, 1.807) is 0 Å². The number of ether oxygens (including phenoxy) is 1. The molecule has 0 unspecified atom stereocenters. The molecule has 0 aliphatic carbocycles. The molecule has 128 valence electrons. The third kappa shape index (κ3) is 4.85. The minimum absolute atomic E-state index is 0.0240. The van der Waals surface area contributed by atoms with Gasteiger partial charge in [0, 0.05) is 0 Å². The number of amides is 1. The molecule has 2 aromatic rings. The minimum atomic E-state index is -0.117. The summed E-state index contributed by atoms with van der Waals surface area (Å²) < 4.78 is 5.57. The van der Waals surface area contributed by atoms with Crippen molar-refractivity contribution in [1.29, 1.82) is 0 Å². The standard InChI is InChI=1S/C21H27NO2/c1-14(2)18-8-10-20(11-9-18)24-13-21(23)22-17(5)19-7-6-15(3)16(4)12-19/h6-12,14,17H,13H2,1-5H3,(H,22,23)/t17-/m1/s1. The monoisotopic (exact) mass is 325 g/mol. The lowest BCUT2D eigenvalue weighted by molar-refractivity contribution is -0.123. The predicted octanol–water partition coefficient (Wildman–Crippen LogP) is 4.68. The van der Waals surface area contributed by atoms with E-state index in [1.165, 1.54) is 16.7 Å². The lowest BCUT2D eigenvalue weighted by Crippen LogP contribution is -2.31. The maximum absolute atomic E-state index is 12.1. The van der Waals surface area contributed by atoms with Crippen LogP contribution in [-0.2, 0) is 4.79 Å². The normalized spacial score (nSPS) is 12.1. The Morgan fingerprint density at radius 1 is 0.958 bits per heavy atom. The first-order valence-corrected chi connectivity index (χ1v) is 8.46. The number of carbonyl (C=O) groups is 1. The van der Waals surface area contributed by atoms with Gasteiger partial charge in [-0.1, -0.05) is 44.2 Å². The Balaban J connectivity index is 1.87. The smallest absolute Gasteiger partial charge is 0.258 e. The molecule has 3 heteroatoms. The van der Waals surface area contributed by atoms with Gasteiger partial charge < -0.3 is 10.1 Å². The van der Waals surface area contributed by atoms with Gasteiger partial charge in [-0.3, -0.25) is 4.79 Å². The van der Waals surface area contributed by atoms with Crippen molar-refractivity contribution in [3.8, 4) is 5.75 Å². The molecule has 0 saturated heterocycles. The summed E-state index contributed by atoms with van der Waals surface area (Å²) in [6, 6.07) is 14.1. The lowest BCUT2D eigenvalue weighted by atomic mass is 10.0. The number of hydrogen-bond acceptors (Lipinski definition) is 2. The molecule has 0 bridgehead atoms. The van der Waals surface area contributed by atoms with Crippen molar-refractivity contribution in [3.05, 3.63) is 64.7 Å². The summed E-state index contributed by atoms with van der Waals surface area (Å²) >= 11 is 0. The largest absolute Gasteiger partial charge is 0.484 e. The van der Waals surface area contributed by atoms with Crippen LogP contribution in [0.15, 0.2) is 42.5 Å². The number of rotatable bonds is 6. The summed E-state index contributed by atoms with van der Waals surface area (Å²) in [5.41, 5.74) is 4.85. The average Bonchev–Trinajstić information content (AvgIpc) is 2.55. The highest BCUT2D eigenvalue weighted by Crippen LogP contribution is 2.19. The molecule has 24 heavy (non-hydrogen) atoms. The molecule has 2 aromatic carbocycles. The van der Waals surface area contributed by atoms with Gasteiger partial charge in [-0.05, 0) is 61.1 Å². The zero-order chi connectivity index (χ0) is 17.7. The number of carbonyl (C=O) groups excluding carboxylic acids is 1. The molecular formula is C21H27NO2. The van der Waals surface area contributed by atoms with Crippen LogP contribution < -0.4 is 10.1 Å². The van der Waals surface area contributed by atoms with E-state index in [0.29, 0.717) is 11.7 Å². The topological polar surface area (TPSA) is 38.3 Å². The molecule has 0 aliphatic heterocycles. The van der Waals surface area contributed by atoms with Crippen LogP contribution in [0.5, 0.6) is 5.75 Å². The number of benzene rings is 2. The summed E-state index contributed by atoms with van der Waals surface area (Å²) in [5, 5.41) is 2.98. The van der Waals surface area contributed by atoms with Crippen molar-refractivity contribution in [3.63, 3.8) is 0 Å². The first-order chi connectivity index (χ1) is 11.4. The fourth-order valence-electron chi connectivity index (χ4n) is 2.50. The number of hydrogen-bond donors (Lipinski definition) is 1. The maximum atomic E-state index is 12.1. The molecule has 0 heterocycles. The Morgan fingerprint density at radius 3 is 2.17 bits per heavy atom. The molecular weight excluding hydrogens is 298 g/mol. The molecule has 0 fully saturated rings. The Hall–Kier alpha value is -2.29. The Bertz CT molecular complexity index is 689. The molecule has 3 nitrogen and oxygen atoms in total. The molecule has 0 saturated carbocycles. The Labute approximate surface area is 145 Å². The van der Waals surface area contributed by atoms with Gasteiger partial charge in [-0.25, -0.2) is 0 Å².